The van der Waals surface area contributed by atoms with Crippen LogP contribution in [0.5, 0.6) is 0 Å². The number of fused-ring (bicyclic) bond motifs is 5. The molecule has 3 heteroatoms. The second-order valence-corrected chi connectivity index (χ2v) is 13.5. The van der Waals surface area contributed by atoms with Crippen molar-refractivity contribution in [1.29, 1.82) is 0 Å². The van der Waals surface area contributed by atoms with E-state index in [1.165, 1.54) is 57.8 Å². The predicted octanol–water partition coefficient (Wildman–Crippen LogP) is 7.40. The van der Waals surface area contributed by atoms with Crippen molar-refractivity contribution in [2.75, 3.05) is 0 Å². The van der Waals surface area contributed by atoms with Crippen LogP contribution in [0.3, 0.4) is 0 Å². The first kappa shape index (κ1) is 25.5. The van der Waals surface area contributed by atoms with Gasteiger partial charge in [0.1, 0.15) is 6.10 Å². The van der Waals surface area contributed by atoms with Gasteiger partial charge in [-0.2, -0.15) is 0 Å². The molecular weight excluding hydrogens is 408 g/mol. The van der Waals surface area contributed by atoms with Crippen molar-refractivity contribution in [3.63, 3.8) is 0 Å². The second-order valence-electron chi connectivity index (χ2n) is 13.5. The summed E-state index contributed by atoms with van der Waals surface area (Å²) in [4.78, 5) is 12.3. The average Bonchev–Trinajstić information content (AvgIpc) is 3.11. The second kappa shape index (κ2) is 9.82. The van der Waals surface area contributed by atoms with Crippen LogP contribution in [0.25, 0.3) is 0 Å². The zero-order valence-corrected chi connectivity index (χ0v) is 22.4. The Kier molecular flexibility index (Phi) is 7.60. The van der Waals surface area contributed by atoms with Crippen molar-refractivity contribution in [3.8, 4) is 0 Å². The van der Waals surface area contributed by atoms with Gasteiger partial charge in [0, 0.05) is 18.3 Å². The maximum atomic E-state index is 12.3. The van der Waals surface area contributed by atoms with E-state index >= 15 is 0 Å². The van der Waals surface area contributed by atoms with Crippen molar-refractivity contribution in [1.82, 2.24) is 0 Å². The minimum absolute atomic E-state index is 0.0370. The SMILES string of the molecule is CCC(=O)OC1C[C@@H](O)CC2CC[C@@H]3[C@H](CC[C@]4(C)[C@@H]([C@H](C)CCCC(C)C)CC[C@@H]34)[C@@]21C. The van der Waals surface area contributed by atoms with Crippen LogP contribution in [0.4, 0.5) is 0 Å². The molecule has 190 valence electrons. The summed E-state index contributed by atoms with van der Waals surface area (Å²) in [6.07, 6.45) is 13.7. The first-order chi connectivity index (χ1) is 15.6. The summed E-state index contributed by atoms with van der Waals surface area (Å²) in [7, 11) is 0. The van der Waals surface area contributed by atoms with Gasteiger partial charge in [-0.05, 0) is 91.8 Å². The van der Waals surface area contributed by atoms with Gasteiger partial charge in [0.25, 0.3) is 0 Å². The molecule has 0 heterocycles. The molecule has 0 aromatic carbocycles. The first-order valence-electron chi connectivity index (χ1n) is 14.5. The topological polar surface area (TPSA) is 46.5 Å². The van der Waals surface area contributed by atoms with Crippen LogP contribution in [-0.2, 0) is 9.53 Å². The van der Waals surface area contributed by atoms with Crippen molar-refractivity contribution >= 4 is 5.97 Å². The smallest absolute Gasteiger partial charge is 0.305 e. The Bertz CT molecular complexity index is 688. The first-order valence-corrected chi connectivity index (χ1v) is 14.5. The number of ether oxygens (including phenoxy) is 1. The van der Waals surface area contributed by atoms with Crippen LogP contribution >= 0.6 is 0 Å². The quantitative estimate of drug-likeness (QED) is 0.403. The van der Waals surface area contributed by atoms with Gasteiger partial charge >= 0.3 is 5.97 Å². The largest absolute Gasteiger partial charge is 0.462 e. The molecule has 4 rings (SSSR count). The van der Waals surface area contributed by atoms with Crippen molar-refractivity contribution in [3.05, 3.63) is 0 Å². The Morgan fingerprint density at radius 3 is 2.45 bits per heavy atom. The maximum Gasteiger partial charge on any atom is 0.305 e. The van der Waals surface area contributed by atoms with Crippen molar-refractivity contribution < 1.29 is 14.6 Å². The van der Waals surface area contributed by atoms with Crippen molar-refractivity contribution in [2.24, 2.45) is 52.3 Å². The molecule has 0 spiro atoms. The molecule has 0 aromatic rings. The highest BCUT2D eigenvalue weighted by molar-refractivity contribution is 5.69. The molecule has 0 radical (unpaired) electrons. The number of carbonyl (C=O) groups is 1. The van der Waals surface area contributed by atoms with E-state index in [-0.39, 0.29) is 23.6 Å². The number of rotatable bonds is 7. The Labute approximate surface area is 203 Å². The molecule has 33 heavy (non-hydrogen) atoms. The Balaban J connectivity index is 1.52. The summed E-state index contributed by atoms with van der Waals surface area (Å²) in [6, 6.07) is 0. The predicted molar refractivity (Wildman–Crippen MR) is 135 cm³/mol. The third-order valence-electron chi connectivity index (χ3n) is 11.5. The van der Waals surface area contributed by atoms with Crippen LogP contribution in [0.15, 0.2) is 0 Å². The molecule has 4 fully saturated rings. The number of hydrogen-bond acceptors (Lipinski definition) is 3. The molecule has 10 atom stereocenters. The molecule has 1 N–H and O–H groups in total. The van der Waals surface area contributed by atoms with E-state index in [2.05, 4.69) is 34.6 Å². The minimum atomic E-state index is -0.314. The van der Waals surface area contributed by atoms with Gasteiger partial charge in [-0.15, -0.1) is 0 Å². The lowest BCUT2D eigenvalue weighted by Gasteiger charge is -2.62. The van der Waals surface area contributed by atoms with Gasteiger partial charge in [-0.1, -0.05) is 60.8 Å². The molecule has 2 unspecified atom stereocenters. The molecule has 0 bridgehead atoms. The third-order valence-corrected chi connectivity index (χ3v) is 11.5. The fraction of sp³-hybridized carbons (Fsp3) is 0.967. The van der Waals surface area contributed by atoms with Crippen LogP contribution in [0, 0.1) is 52.3 Å². The number of hydrogen-bond donors (Lipinski definition) is 1. The van der Waals surface area contributed by atoms with Gasteiger partial charge in [-0.3, -0.25) is 4.79 Å². The molecule has 0 amide bonds. The molecule has 0 aliphatic heterocycles. The van der Waals surface area contributed by atoms with Crippen LogP contribution < -0.4 is 0 Å². The van der Waals surface area contributed by atoms with Crippen LogP contribution in [-0.4, -0.2) is 23.3 Å². The lowest BCUT2D eigenvalue weighted by atomic mass is 9.43. The summed E-state index contributed by atoms with van der Waals surface area (Å²) in [5.41, 5.74) is 0.528. The third kappa shape index (κ3) is 4.54. The highest BCUT2D eigenvalue weighted by Crippen LogP contribution is 2.68. The number of carbonyl (C=O) groups excluding carboxylic acids is 1. The summed E-state index contributed by atoms with van der Waals surface area (Å²) >= 11 is 0. The monoisotopic (exact) mass is 460 g/mol. The zero-order chi connectivity index (χ0) is 24.0. The van der Waals surface area contributed by atoms with E-state index in [0.717, 1.165) is 36.0 Å². The van der Waals surface area contributed by atoms with Gasteiger partial charge in [0.05, 0.1) is 6.10 Å². The van der Waals surface area contributed by atoms with E-state index in [1.54, 1.807) is 0 Å². The molecule has 4 saturated carbocycles. The van der Waals surface area contributed by atoms with E-state index in [4.69, 9.17) is 4.74 Å². The van der Waals surface area contributed by atoms with Gasteiger partial charge in [-0.25, -0.2) is 0 Å². The molecule has 0 aromatic heterocycles. The Hall–Kier alpha value is -0.570. The summed E-state index contributed by atoms with van der Waals surface area (Å²) in [5.74, 6) is 5.19. The number of aliphatic hydroxyl groups is 1. The normalized spacial score (nSPS) is 45.8. The number of esters is 1. The van der Waals surface area contributed by atoms with Crippen LogP contribution in [0.1, 0.15) is 119 Å². The van der Waals surface area contributed by atoms with Crippen LogP contribution in [0.2, 0.25) is 0 Å². The standard InChI is InChI=1S/C30H52O3/c1-7-28(32)33-27-18-22(31)17-21-11-12-23-25-14-13-24(20(4)10-8-9-19(2)3)29(25,5)16-15-26(23)30(21,27)6/h19-27,31H,7-18H2,1-6H3/t20-,21?,22+,23+,24-,25+,26+,27?,29-,30-/m1/s1. The highest BCUT2D eigenvalue weighted by atomic mass is 16.5. The molecule has 3 nitrogen and oxygen atoms in total. The number of aliphatic hydroxyl groups excluding tert-OH is 1. The molecular formula is C30H52O3. The highest BCUT2D eigenvalue weighted by Gasteiger charge is 2.63. The average molecular weight is 461 g/mol. The molecule has 4 aliphatic carbocycles. The van der Waals surface area contributed by atoms with Gasteiger partial charge < -0.3 is 9.84 Å². The molecule has 4 aliphatic rings. The fourth-order valence-corrected chi connectivity index (χ4v) is 9.71. The van der Waals surface area contributed by atoms with E-state index in [9.17, 15) is 9.90 Å². The summed E-state index contributed by atoms with van der Waals surface area (Å²) < 4.78 is 6.09. The minimum Gasteiger partial charge on any atom is -0.462 e. The van der Waals surface area contributed by atoms with Crippen molar-refractivity contribution in [2.45, 2.75) is 131 Å². The Morgan fingerprint density at radius 1 is 1.00 bits per heavy atom. The summed E-state index contributed by atoms with van der Waals surface area (Å²) in [6.45, 7) is 14.2. The van der Waals surface area contributed by atoms with E-state index in [0.29, 0.717) is 30.1 Å². The fourth-order valence-electron chi connectivity index (χ4n) is 9.71. The Morgan fingerprint density at radius 2 is 1.76 bits per heavy atom. The maximum absolute atomic E-state index is 12.3. The zero-order valence-electron chi connectivity index (χ0n) is 22.4. The van der Waals surface area contributed by atoms with E-state index in [1.807, 2.05) is 6.92 Å². The van der Waals surface area contributed by atoms with Gasteiger partial charge in [0.2, 0.25) is 0 Å². The summed E-state index contributed by atoms with van der Waals surface area (Å²) in [5, 5.41) is 10.6. The molecule has 0 saturated heterocycles. The van der Waals surface area contributed by atoms with Gasteiger partial charge in [0.15, 0.2) is 0 Å². The lowest BCUT2D eigenvalue weighted by molar-refractivity contribution is -0.203. The lowest BCUT2D eigenvalue weighted by Crippen LogP contribution is -2.60. The van der Waals surface area contributed by atoms with E-state index < -0.39 is 0 Å².